The quantitative estimate of drug-likeness (QED) is 0.199. The monoisotopic (exact) mass is 436 g/mol. The van der Waals surface area contributed by atoms with Crippen molar-refractivity contribution in [1.82, 2.24) is 15.5 Å². The molecule has 174 valence electrons. The zero-order valence-electron chi connectivity index (χ0n) is 18.1. The molecule has 0 bridgehead atoms. The van der Waals surface area contributed by atoms with Gasteiger partial charge in [0.05, 0.1) is 6.04 Å². The van der Waals surface area contributed by atoms with Gasteiger partial charge in [-0.05, 0) is 56.9 Å². The summed E-state index contributed by atoms with van der Waals surface area (Å²) >= 11 is 0. The van der Waals surface area contributed by atoms with Crippen molar-refractivity contribution in [3.8, 4) is 0 Å². The van der Waals surface area contributed by atoms with Gasteiger partial charge >= 0.3 is 5.97 Å². The van der Waals surface area contributed by atoms with E-state index in [1.165, 1.54) is 25.7 Å². The van der Waals surface area contributed by atoms with Crippen LogP contribution in [0.5, 0.6) is 0 Å². The van der Waals surface area contributed by atoms with Gasteiger partial charge in [-0.15, -0.1) is 0 Å². The van der Waals surface area contributed by atoms with Gasteiger partial charge in [0.1, 0.15) is 12.1 Å². The molecule has 1 aliphatic carbocycles. The number of carbonyl (C=O) groups is 3. The number of likely N-dealkylation sites (tertiary alicyclic amines) is 1. The Morgan fingerprint density at radius 3 is 2.58 bits per heavy atom. The molecule has 3 aliphatic rings. The number of carboxylic acids is 1. The summed E-state index contributed by atoms with van der Waals surface area (Å²) in [5, 5.41) is 15.5. The number of amides is 2. The van der Waals surface area contributed by atoms with Gasteiger partial charge in [0.2, 0.25) is 11.8 Å². The number of nitrogens with two attached hydrogens (primary N) is 2. The van der Waals surface area contributed by atoms with E-state index in [2.05, 4.69) is 15.6 Å². The number of hydrogen-bond acceptors (Lipinski definition) is 5. The molecule has 0 aromatic rings. The number of guanidine groups is 1. The zero-order valence-corrected chi connectivity index (χ0v) is 18.1. The fraction of sp³-hybridized carbons (Fsp3) is 0.810. The summed E-state index contributed by atoms with van der Waals surface area (Å²) in [4.78, 5) is 43.1. The maximum atomic E-state index is 13.2. The Morgan fingerprint density at radius 2 is 1.87 bits per heavy atom. The van der Waals surface area contributed by atoms with Crippen LogP contribution in [0.15, 0.2) is 4.99 Å². The number of aliphatic imine (C=N–C) groups is 1. The smallest absolute Gasteiger partial charge is 0.326 e. The molecule has 2 saturated heterocycles. The number of carboxylic acid groups (broad SMARTS) is 1. The van der Waals surface area contributed by atoms with E-state index >= 15 is 0 Å². The van der Waals surface area contributed by atoms with Gasteiger partial charge in [-0.2, -0.15) is 0 Å². The summed E-state index contributed by atoms with van der Waals surface area (Å²) in [5.41, 5.74) is 10.5. The van der Waals surface area contributed by atoms with Crippen molar-refractivity contribution in [3.63, 3.8) is 0 Å². The number of fused-ring (bicyclic) bond motifs is 1. The molecular formula is C21H36N6O4. The molecule has 2 heterocycles. The Balaban J connectivity index is 1.55. The van der Waals surface area contributed by atoms with Gasteiger partial charge in [0.25, 0.3) is 0 Å². The van der Waals surface area contributed by atoms with Gasteiger partial charge in [0.15, 0.2) is 5.96 Å². The van der Waals surface area contributed by atoms with Crippen molar-refractivity contribution in [3.05, 3.63) is 0 Å². The second-order valence-electron chi connectivity index (χ2n) is 9.04. The Bertz CT molecular complexity index is 695. The van der Waals surface area contributed by atoms with Gasteiger partial charge in [0, 0.05) is 13.1 Å². The zero-order chi connectivity index (χ0) is 22.4. The molecule has 5 atom stereocenters. The molecule has 0 radical (unpaired) electrons. The Labute approximate surface area is 183 Å². The molecule has 10 heteroatoms. The highest BCUT2D eigenvalue weighted by Gasteiger charge is 2.41. The lowest BCUT2D eigenvalue weighted by Crippen LogP contribution is -2.57. The Kier molecular flexibility index (Phi) is 8.11. The van der Waals surface area contributed by atoms with E-state index in [4.69, 9.17) is 11.5 Å². The average molecular weight is 437 g/mol. The summed E-state index contributed by atoms with van der Waals surface area (Å²) < 4.78 is 0. The van der Waals surface area contributed by atoms with Crippen LogP contribution < -0.4 is 22.1 Å². The van der Waals surface area contributed by atoms with E-state index in [1.807, 2.05) is 0 Å². The molecule has 0 spiro atoms. The molecule has 0 aromatic heterocycles. The van der Waals surface area contributed by atoms with Crippen molar-refractivity contribution in [2.24, 2.45) is 28.3 Å². The molecule has 10 nitrogen and oxygen atoms in total. The highest BCUT2D eigenvalue weighted by molar-refractivity contribution is 5.92. The van der Waals surface area contributed by atoms with Gasteiger partial charge in [-0.25, -0.2) is 4.79 Å². The maximum absolute atomic E-state index is 13.2. The summed E-state index contributed by atoms with van der Waals surface area (Å²) in [7, 11) is 0. The van der Waals surface area contributed by atoms with Crippen LogP contribution in [-0.2, 0) is 14.4 Å². The van der Waals surface area contributed by atoms with E-state index in [9.17, 15) is 19.5 Å². The molecule has 3 fully saturated rings. The predicted molar refractivity (Wildman–Crippen MR) is 116 cm³/mol. The van der Waals surface area contributed by atoms with Crippen LogP contribution in [0.2, 0.25) is 0 Å². The number of rotatable bonds is 8. The summed E-state index contributed by atoms with van der Waals surface area (Å²) in [6.45, 7) is 1.69. The minimum atomic E-state index is -1.11. The van der Waals surface area contributed by atoms with E-state index in [0.29, 0.717) is 37.8 Å². The minimum Gasteiger partial charge on any atom is -0.480 e. The third-order valence-electron chi connectivity index (χ3n) is 6.93. The normalized spacial score (nSPS) is 29.0. The molecule has 7 N–H and O–H groups in total. The molecule has 3 rings (SSSR count). The van der Waals surface area contributed by atoms with Crippen LogP contribution in [0, 0.1) is 11.8 Å². The van der Waals surface area contributed by atoms with Crippen molar-refractivity contribution >= 4 is 23.7 Å². The molecule has 2 amide bonds. The lowest BCUT2D eigenvalue weighted by molar-refractivity contribution is -0.144. The van der Waals surface area contributed by atoms with E-state index in [1.54, 1.807) is 4.90 Å². The molecule has 2 aliphatic heterocycles. The minimum absolute atomic E-state index is 0.0266. The highest BCUT2D eigenvalue weighted by Crippen LogP contribution is 2.36. The van der Waals surface area contributed by atoms with Gasteiger partial charge in [-0.1, -0.05) is 19.3 Å². The van der Waals surface area contributed by atoms with Crippen molar-refractivity contribution in [2.45, 2.75) is 75.9 Å². The van der Waals surface area contributed by atoms with E-state index < -0.39 is 24.0 Å². The fourth-order valence-electron chi connectivity index (χ4n) is 5.26. The fourth-order valence-corrected chi connectivity index (χ4v) is 5.26. The van der Waals surface area contributed by atoms with Crippen LogP contribution in [0.25, 0.3) is 0 Å². The third kappa shape index (κ3) is 6.09. The molecule has 0 aromatic carbocycles. The van der Waals surface area contributed by atoms with Crippen LogP contribution >= 0.6 is 0 Å². The number of nitrogens with zero attached hydrogens (tertiary/aromatic N) is 2. The first-order valence-electron chi connectivity index (χ1n) is 11.5. The lowest BCUT2D eigenvalue weighted by Gasteiger charge is -2.41. The molecule has 1 saturated carbocycles. The SMILES string of the molecule is NC(N)=NCCC[C@H](NC(=O)[C@@H]1CCCN1C(=O)C1CC2CCCCC2CN1)C(=O)O. The Morgan fingerprint density at radius 1 is 1.13 bits per heavy atom. The summed E-state index contributed by atoms with van der Waals surface area (Å²) in [6, 6.07) is -1.89. The second kappa shape index (κ2) is 10.8. The third-order valence-corrected chi connectivity index (χ3v) is 6.93. The molecular weight excluding hydrogens is 400 g/mol. The maximum Gasteiger partial charge on any atom is 0.326 e. The first kappa shape index (κ1) is 23.3. The number of carbonyl (C=O) groups excluding carboxylic acids is 2. The Hall–Kier alpha value is -2.36. The highest BCUT2D eigenvalue weighted by atomic mass is 16.4. The summed E-state index contributed by atoms with van der Waals surface area (Å²) in [5.74, 6) is -0.336. The molecule has 31 heavy (non-hydrogen) atoms. The lowest BCUT2D eigenvalue weighted by atomic mass is 9.73. The number of hydrogen-bond donors (Lipinski definition) is 5. The van der Waals surface area contributed by atoms with Crippen LogP contribution in [0.4, 0.5) is 0 Å². The van der Waals surface area contributed by atoms with Gasteiger partial charge < -0.3 is 32.1 Å². The van der Waals surface area contributed by atoms with Crippen molar-refractivity contribution in [1.29, 1.82) is 0 Å². The number of aliphatic carboxylic acids is 1. The van der Waals surface area contributed by atoms with Crippen LogP contribution in [-0.4, -0.2) is 71.5 Å². The largest absolute Gasteiger partial charge is 0.480 e. The van der Waals surface area contributed by atoms with Crippen LogP contribution in [0.1, 0.15) is 57.8 Å². The average Bonchev–Trinajstić information content (AvgIpc) is 3.24. The van der Waals surface area contributed by atoms with Crippen molar-refractivity contribution in [2.75, 3.05) is 19.6 Å². The van der Waals surface area contributed by atoms with Crippen molar-refractivity contribution < 1.29 is 19.5 Å². The molecule has 3 unspecified atom stereocenters. The second-order valence-corrected chi connectivity index (χ2v) is 9.04. The predicted octanol–water partition coefficient (Wildman–Crippen LogP) is -0.231. The summed E-state index contributed by atoms with van der Waals surface area (Å²) in [6.07, 6.45) is 7.68. The first-order chi connectivity index (χ1) is 14.9. The standard InChI is InChI=1S/C21H36N6O4/c22-21(23)24-9-3-7-15(20(30)31)26-18(28)17-8-4-10-27(17)19(29)16-11-13-5-1-2-6-14(13)12-25-16/h13-17,25H,1-12H2,(H,26,28)(H,30,31)(H4,22,23,24)/t13?,14?,15-,16?,17-/m0/s1. The topological polar surface area (TPSA) is 163 Å². The number of piperidine rings is 1. The number of nitrogens with one attached hydrogen (secondary N) is 2. The van der Waals surface area contributed by atoms with E-state index in [0.717, 1.165) is 19.4 Å². The van der Waals surface area contributed by atoms with Crippen LogP contribution in [0.3, 0.4) is 0 Å². The van der Waals surface area contributed by atoms with Gasteiger partial charge in [-0.3, -0.25) is 14.6 Å². The first-order valence-corrected chi connectivity index (χ1v) is 11.5. The van der Waals surface area contributed by atoms with E-state index in [-0.39, 0.29) is 24.3 Å².